The van der Waals surface area contributed by atoms with Crippen LogP contribution in [0.25, 0.3) is 6.08 Å². The fourth-order valence-electron chi connectivity index (χ4n) is 7.64. The van der Waals surface area contributed by atoms with Crippen molar-refractivity contribution in [1.82, 2.24) is 0 Å². The molecule has 5 aromatic carbocycles. The Balaban J connectivity index is 1.36. The summed E-state index contributed by atoms with van der Waals surface area (Å²) in [7, 11) is 0. The zero-order valence-electron chi connectivity index (χ0n) is 25.1. The molecule has 0 aliphatic carbocycles. The van der Waals surface area contributed by atoms with Gasteiger partial charge in [0, 0.05) is 21.4 Å². The average molecular weight is 682 g/mol. The second-order valence-corrected chi connectivity index (χ2v) is 13.0. The summed E-state index contributed by atoms with van der Waals surface area (Å²) < 4.78 is 7.39. The Labute approximate surface area is 280 Å². The first-order valence-electron chi connectivity index (χ1n) is 15.5. The highest BCUT2D eigenvalue weighted by Crippen LogP contribution is 2.58. The summed E-state index contributed by atoms with van der Waals surface area (Å²) >= 11 is 3.48. The number of carbonyl (C=O) groups excluding carboxylic acids is 3. The van der Waals surface area contributed by atoms with Crippen LogP contribution >= 0.6 is 15.9 Å². The van der Waals surface area contributed by atoms with Crippen molar-refractivity contribution in [3.05, 3.63) is 172 Å². The Morgan fingerprint density at radius 2 is 1.38 bits per heavy atom. The molecule has 1 spiro atoms. The third-order valence-electron chi connectivity index (χ3n) is 9.63. The molecule has 47 heavy (non-hydrogen) atoms. The molecule has 5 aromatic rings. The molecule has 0 radical (unpaired) electrons. The minimum absolute atomic E-state index is 0.264. The number of hydrogen-bond donors (Lipinski definition) is 1. The van der Waals surface area contributed by atoms with Crippen molar-refractivity contribution in [3.63, 3.8) is 0 Å². The summed E-state index contributed by atoms with van der Waals surface area (Å²) in [5.74, 6) is -2.41. The van der Waals surface area contributed by atoms with E-state index < -0.39 is 35.5 Å². The van der Waals surface area contributed by atoms with Crippen LogP contribution in [0.2, 0.25) is 0 Å². The van der Waals surface area contributed by atoms with E-state index in [1.165, 1.54) is 0 Å². The Morgan fingerprint density at radius 1 is 0.766 bits per heavy atom. The number of ether oxygens (including phenoxy) is 1. The highest BCUT2D eigenvalue weighted by atomic mass is 79.9. The molecular weight excluding hydrogens is 652 g/mol. The summed E-state index contributed by atoms with van der Waals surface area (Å²) in [6.07, 6.45) is 3.19. The Bertz CT molecular complexity index is 2010. The number of hydrogen-bond acceptors (Lipinski definition) is 5. The van der Waals surface area contributed by atoms with E-state index >= 15 is 4.79 Å². The molecule has 6 nitrogen and oxygen atoms in total. The van der Waals surface area contributed by atoms with Crippen LogP contribution in [0.4, 0.5) is 11.4 Å². The summed E-state index contributed by atoms with van der Waals surface area (Å²) in [6.45, 7) is 0. The maximum absolute atomic E-state index is 15.2. The van der Waals surface area contributed by atoms with Crippen molar-refractivity contribution >= 4 is 51.0 Å². The van der Waals surface area contributed by atoms with Crippen LogP contribution in [0.5, 0.6) is 0 Å². The van der Waals surface area contributed by atoms with Gasteiger partial charge in [-0.25, -0.2) is 0 Å². The predicted octanol–water partition coefficient (Wildman–Crippen LogP) is 7.76. The van der Waals surface area contributed by atoms with Crippen LogP contribution in [0.1, 0.15) is 38.7 Å². The number of nitrogens with one attached hydrogen (secondary N) is 1. The quantitative estimate of drug-likeness (QED) is 0.147. The van der Waals surface area contributed by atoms with Gasteiger partial charge in [-0.2, -0.15) is 0 Å². The lowest BCUT2D eigenvalue weighted by molar-refractivity contribution is -0.156. The number of para-hydroxylation sites is 2. The van der Waals surface area contributed by atoms with Gasteiger partial charge < -0.3 is 15.0 Å². The molecule has 8 rings (SSSR count). The van der Waals surface area contributed by atoms with Crippen LogP contribution in [0.15, 0.2) is 144 Å². The molecule has 1 amide bonds. The molecule has 3 heterocycles. The fourth-order valence-corrected chi connectivity index (χ4v) is 7.91. The molecule has 0 saturated carbocycles. The van der Waals surface area contributed by atoms with E-state index in [2.05, 4.69) is 21.2 Å². The lowest BCUT2D eigenvalue weighted by Gasteiger charge is -2.37. The number of nitrogens with zero attached hydrogens (tertiary/aromatic N) is 1. The van der Waals surface area contributed by atoms with Crippen molar-refractivity contribution in [1.29, 1.82) is 0 Å². The van der Waals surface area contributed by atoms with Crippen molar-refractivity contribution in [2.75, 3.05) is 10.2 Å². The van der Waals surface area contributed by atoms with Gasteiger partial charge in [-0.1, -0.05) is 137 Å². The lowest BCUT2D eigenvalue weighted by atomic mass is 9.66. The topological polar surface area (TPSA) is 75.7 Å². The van der Waals surface area contributed by atoms with Crippen LogP contribution in [-0.4, -0.2) is 29.7 Å². The standard InChI is InChI=1S/C40H29BrN2O4/c41-29-22-19-26(20-23-29)36(44)35-34(38(45)47-37(27-12-3-1-4-13-27)28-14-5-2-6-15-28)40(30-16-8-9-17-31(30)42-39(40)46)33-24-21-25-11-7-10-18-32(25)43(33)35/h1-24,33-35,37H,(H,42,46)/t33-,34+,35-,40-/m0/s1. The first kappa shape index (κ1) is 29.2. The zero-order valence-corrected chi connectivity index (χ0v) is 26.7. The van der Waals surface area contributed by atoms with Gasteiger partial charge in [-0.05, 0) is 46.5 Å². The van der Waals surface area contributed by atoms with Gasteiger partial charge in [0.15, 0.2) is 11.9 Å². The second-order valence-electron chi connectivity index (χ2n) is 12.1. The molecular formula is C40H29BrN2O4. The third kappa shape index (κ3) is 4.56. The summed E-state index contributed by atoms with van der Waals surface area (Å²) in [5, 5.41) is 3.07. The molecule has 1 saturated heterocycles. The molecule has 0 bridgehead atoms. The third-order valence-corrected chi connectivity index (χ3v) is 10.2. The number of benzene rings is 5. The van der Waals surface area contributed by atoms with E-state index in [-0.39, 0.29) is 11.7 Å². The van der Waals surface area contributed by atoms with E-state index in [4.69, 9.17) is 4.74 Å². The minimum Gasteiger partial charge on any atom is -0.452 e. The van der Waals surface area contributed by atoms with Gasteiger partial charge in [0.05, 0.1) is 6.04 Å². The maximum Gasteiger partial charge on any atom is 0.314 e. The first-order valence-corrected chi connectivity index (χ1v) is 16.3. The number of carbonyl (C=O) groups is 3. The summed E-state index contributed by atoms with van der Waals surface area (Å²) in [4.78, 5) is 46.7. The zero-order chi connectivity index (χ0) is 32.1. The van der Waals surface area contributed by atoms with Crippen molar-refractivity contribution in [2.24, 2.45) is 5.92 Å². The fraction of sp³-hybridized carbons (Fsp3) is 0.125. The van der Waals surface area contributed by atoms with Crippen molar-refractivity contribution in [2.45, 2.75) is 23.6 Å². The van der Waals surface area contributed by atoms with Gasteiger partial charge in [0.25, 0.3) is 0 Å². The maximum atomic E-state index is 15.2. The molecule has 1 fully saturated rings. The van der Waals surface area contributed by atoms with E-state index in [1.807, 2.05) is 138 Å². The molecule has 4 atom stereocenters. The average Bonchev–Trinajstić information content (AvgIpc) is 3.60. The van der Waals surface area contributed by atoms with E-state index in [0.717, 1.165) is 26.9 Å². The van der Waals surface area contributed by atoms with Crippen LogP contribution < -0.4 is 10.2 Å². The van der Waals surface area contributed by atoms with Crippen LogP contribution in [0, 0.1) is 5.92 Å². The van der Waals surface area contributed by atoms with E-state index in [0.29, 0.717) is 16.8 Å². The number of ketones is 1. The molecule has 3 aliphatic rings. The van der Waals surface area contributed by atoms with Gasteiger partial charge in [-0.3, -0.25) is 14.4 Å². The number of anilines is 2. The number of rotatable bonds is 6. The summed E-state index contributed by atoms with van der Waals surface area (Å²) in [5.41, 5.74) is 3.54. The highest BCUT2D eigenvalue weighted by molar-refractivity contribution is 9.10. The first-order chi connectivity index (χ1) is 23.0. The normalized spacial score (nSPS) is 22.0. The smallest absolute Gasteiger partial charge is 0.314 e. The molecule has 1 N–H and O–H groups in total. The van der Waals surface area contributed by atoms with Crippen LogP contribution in [0.3, 0.4) is 0 Å². The second kappa shape index (κ2) is 11.5. The van der Waals surface area contributed by atoms with Crippen molar-refractivity contribution in [3.8, 4) is 0 Å². The molecule has 230 valence electrons. The molecule has 0 aromatic heterocycles. The van der Waals surface area contributed by atoms with Crippen molar-refractivity contribution < 1.29 is 19.1 Å². The Morgan fingerprint density at radius 3 is 2.09 bits per heavy atom. The highest BCUT2D eigenvalue weighted by Gasteiger charge is 2.71. The van der Waals surface area contributed by atoms with Gasteiger partial charge in [0.2, 0.25) is 5.91 Å². The van der Waals surface area contributed by atoms with Gasteiger partial charge in [0.1, 0.15) is 17.4 Å². The Hall–Kier alpha value is -5.27. The summed E-state index contributed by atoms with van der Waals surface area (Å²) in [6, 6.07) is 39.8. The van der Waals surface area contributed by atoms with Crippen LogP contribution in [-0.2, 0) is 19.7 Å². The molecule has 3 aliphatic heterocycles. The van der Waals surface area contributed by atoms with Gasteiger partial charge >= 0.3 is 5.97 Å². The number of Topliss-reactive ketones (excluding diaryl/α,β-unsaturated/α-hetero) is 1. The van der Waals surface area contributed by atoms with Gasteiger partial charge in [-0.15, -0.1) is 0 Å². The number of halogens is 1. The largest absolute Gasteiger partial charge is 0.452 e. The lowest BCUT2D eigenvalue weighted by Crippen LogP contribution is -2.51. The number of esters is 1. The number of fused-ring (bicyclic) bond motifs is 6. The van der Waals surface area contributed by atoms with E-state index in [9.17, 15) is 9.59 Å². The molecule has 7 heteroatoms. The SMILES string of the molecule is O=C(c1ccc(Br)cc1)[C@@H]1[C@H](C(=O)OC(c2ccccc2)c2ccccc2)[C@@]2(C(=O)Nc3ccccc32)[C@@H]2C=Cc3ccccc3N12. The minimum atomic E-state index is -1.45. The predicted molar refractivity (Wildman–Crippen MR) is 185 cm³/mol. The number of amides is 1. The van der Waals surface area contributed by atoms with E-state index in [1.54, 1.807) is 12.1 Å². The Kier molecular flexibility index (Phi) is 7.14. The monoisotopic (exact) mass is 680 g/mol. The molecule has 0 unspecified atom stereocenters.